The van der Waals surface area contributed by atoms with Gasteiger partial charge in [0.15, 0.2) is 0 Å². The minimum atomic E-state index is -0.0143. The molecule has 140 valence electrons. The van der Waals surface area contributed by atoms with Crippen LogP contribution in [0.2, 0.25) is 0 Å². The number of hydrogen-bond donors (Lipinski definition) is 2. The smallest absolute Gasteiger partial charge is 0.322 e. The van der Waals surface area contributed by atoms with Gasteiger partial charge in [-0.3, -0.25) is 4.90 Å². The lowest BCUT2D eigenvalue weighted by molar-refractivity contribution is 0.0329. The van der Waals surface area contributed by atoms with Gasteiger partial charge < -0.3 is 15.0 Å². The van der Waals surface area contributed by atoms with Gasteiger partial charge >= 0.3 is 6.03 Å². The lowest BCUT2D eigenvalue weighted by Crippen LogP contribution is -2.48. The van der Waals surface area contributed by atoms with Crippen molar-refractivity contribution in [2.24, 2.45) is 0 Å². The van der Waals surface area contributed by atoms with Crippen molar-refractivity contribution in [3.05, 3.63) is 18.2 Å². The van der Waals surface area contributed by atoms with Crippen LogP contribution in [0.1, 0.15) is 25.7 Å². The van der Waals surface area contributed by atoms with E-state index in [4.69, 9.17) is 4.74 Å². The topological polar surface area (TPSA) is 86.4 Å². The van der Waals surface area contributed by atoms with Crippen LogP contribution >= 0.6 is 0 Å². The summed E-state index contributed by atoms with van der Waals surface area (Å²) < 4.78 is 5.41. The second kappa shape index (κ2) is 8.01. The molecular formula is C18H26N6O2. The number of H-pyrrole nitrogens is 1. The van der Waals surface area contributed by atoms with E-state index in [1.807, 2.05) is 23.1 Å². The van der Waals surface area contributed by atoms with Crippen LogP contribution in [0.25, 0.3) is 11.0 Å². The predicted molar refractivity (Wildman–Crippen MR) is 99.1 cm³/mol. The number of benzene rings is 1. The molecule has 0 unspecified atom stereocenters. The number of hydrogen-bond acceptors (Lipinski definition) is 5. The fraction of sp³-hybridized carbons (Fsp3) is 0.611. The van der Waals surface area contributed by atoms with E-state index in [9.17, 15) is 4.79 Å². The first-order chi connectivity index (χ1) is 12.8. The summed E-state index contributed by atoms with van der Waals surface area (Å²) in [4.78, 5) is 17.3. The summed E-state index contributed by atoms with van der Waals surface area (Å²) in [6.45, 7) is 5.49. The molecule has 1 atom stereocenters. The second-order valence-corrected chi connectivity index (χ2v) is 7.04. The first-order valence-corrected chi connectivity index (χ1v) is 9.48. The van der Waals surface area contributed by atoms with Crippen molar-refractivity contribution in [3.8, 4) is 0 Å². The molecule has 2 aliphatic rings. The Balaban J connectivity index is 1.37. The SMILES string of the molecule is O=C(Nc1ccc2n[nH]nc2c1)N1CCCC[C@H]1CCN1CCOCC1. The van der Waals surface area contributed by atoms with Crippen molar-refractivity contribution in [3.63, 3.8) is 0 Å². The molecule has 8 nitrogen and oxygen atoms in total. The summed E-state index contributed by atoms with van der Waals surface area (Å²) in [5, 5.41) is 13.7. The van der Waals surface area contributed by atoms with Crippen LogP contribution in [0.5, 0.6) is 0 Å². The highest BCUT2D eigenvalue weighted by molar-refractivity contribution is 5.92. The fourth-order valence-electron chi connectivity index (χ4n) is 3.84. The Morgan fingerprint density at radius 2 is 2.04 bits per heavy atom. The summed E-state index contributed by atoms with van der Waals surface area (Å²) in [6, 6.07) is 5.88. The maximum Gasteiger partial charge on any atom is 0.322 e. The lowest BCUT2D eigenvalue weighted by atomic mass is 9.99. The molecule has 0 spiro atoms. The quantitative estimate of drug-likeness (QED) is 0.874. The van der Waals surface area contributed by atoms with E-state index in [0.717, 1.165) is 75.4 Å². The Morgan fingerprint density at radius 3 is 2.92 bits per heavy atom. The summed E-state index contributed by atoms with van der Waals surface area (Å²) in [6.07, 6.45) is 4.38. The van der Waals surface area contributed by atoms with E-state index < -0.39 is 0 Å². The number of urea groups is 1. The number of carbonyl (C=O) groups excluding carboxylic acids is 1. The number of ether oxygens (including phenoxy) is 1. The summed E-state index contributed by atoms with van der Waals surface area (Å²) in [5.74, 6) is 0. The third kappa shape index (κ3) is 3.96. The van der Waals surface area contributed by atoms with Crippen LogP contribution in [0.3, 0.4) is 0 Å². The first-order valence-electron chi connectivity index (χ1n) is 9.48. The number of rotatable bonds is 4. The number of piperidine rings is 1. The molecule has 0 saturated carbocycles. The van der Waals surface area contributed by atoms with E-state index in [2.05, 4.69) is 25.6 Å². The zero-order valence-corrected chi connectivity index (χ0v) is 15.0. The van der Waals surface area contributed by atoms with Crippen molar-refractivity contribution in [1.82, 2.24) is 25.2 Å². The minimum absolute atomic E-state index is 0.0143. The Morgan fingerprint density at radius 1 is 1.19 bits per heavy atom. The zero-order valence-electron chi connectivity index (χ0n) is 15.0. The van der Waals surface area contributed by atoms with Gasteiger partial charge in [-0.2, -0.15) is 15.4 Å². The standard InChI is InChI=1S/C18H26N6O2/c25-18(19-14-4-5-16-17(13-14)21-22-20-16)24-7-2-1-3-15(24)6-8-23-9-11-26-12-10-23/h4-5,13,15H,1-3,6-12H2,(H,19,25)(H,20,21,22)/t15-/m0/s1. The van der Waals surface area contributed by atoms with Crippen LogP contribution in [0.15, 0.2) is 18.2 Å². The lowest BCUT2D eigenvalue weighted by Gasteiger charge is -2.37. The molecule has 0 aliphatic carbocycles. The van der Waals surface area contributed by atoms with E-state index in [-0.39, 0.29) is 6.03 Å². The highest BCUT2D eigenvalue weighted by Crippen LogP contribution is 2.22. The fourth-order valence-corrected chi connectivity index (χ4v) is 3.84. The van der Waals surface area contributed by atoms with E-state index in [1.165, 1.54) is 6.42 Å². The average molecular weight is 358 g/mol. The Labute approximate surface area is 152 Å². The number of likely N-dealkylation sites (tertiary alicyclic amines) is 1. The van der Waals surface area contributed by atoms with Crippen LogP contribution in [-0.4, -0.2) is 76.7 Å². The number of nitrogens with one attached hydrogen (secondary N) is 2. The van der Waals surface area contributed by atoms with Gasteiger partial charge in [0, 0.05) is 37.9 Å². The number of amides is 2. The van der Waals surface area contributed by atoms with Gasteiger partial charge in [-0.25, -0.2) is 4.79 Å². The first kappa shape index (κ1) is 17.2. The minimum Gasteiger partial charge on any atom is -0.379 e. The number of carbonyl (C=O) groups is 1. The van der Waals surface area contributed by atoms with Crippen molar-refractivity contribution in [2.75, 3.05) is 44.7 Å². The molecule has 1 aromatic carbocycles. The molecule has 3 heterocycles. The van der Waals surface area contributed by atoms with Crippen LogP contribution in [0.4, 0.5) is 10.5 Å². The monoisotopic (exact) mass is 358 g/mol. The Bertz CT molecular complexity index is 742. The van der Waals surface area contributed by atoms with E-state index in [0.29, 0.717) is 6.04 Å². The molecule has 2 amide bonds. The molecule has 4 rings (SSSR count). The maximum absolute atomic E-state index is 12.8. The van der Waals surface area contributed by atoms with Crippen molar-refractivity contribution < 1.29 is 9.53 Å². The van der Waals surface area contributed by atoms with Gasteiger partial charge in [0.1, 0.15) is 11.0 Å². The molecule has 2 N–H and O–H groups in total. The third-order valence-electron chi connectivity index (χ3n) is 5.34. The molecule has 2 aromatic rings. The van der Waals surface area contributed by atoms with E-state index in [1.54, 1.807) is 0 Å². The van der Waals surface area contributed by atoms with Crippen molar-refractivity contribution >= 4 is 22.8 Å². The Hall–Kier alpha value is -2.19. The largest absolute Gasteiger partial charge is 0.379 e. The Kier molecular flexibility index (Phi) is 5.31. The molecule has 2 aliphatic heterocycles. The number of aromatic nitrogens is 3. The number of aromatic amines is 1. The highest BCUT2D eigenvalue weighted by Gasteiger charge is 2.27. The van der Waals surface area contributed by atoms with Gasteiger partial charge in [-0.05, 0) is 43.9 Å². The zero-order chi connectivity index (χ0) is 17.8. The summed E-state index contributed by atoms with van der Waals surface area (Å²) >= 11 is 0. The third-order valence-corrected chi connectivity index (χ3v) is 5.34. The van der Waals surface area contributed by atoms with E-state index >= 15 is 0 Å². The predicted octanol–water partition coefficient (Wildman–Crippen LogP) is 2.07. The van der Waals surface area contributed by atoms with Crippen molar-refractivity contribution in [1.29, 1.82) is 0 Å². The molecule has 0 radical (unpaired) electrons. The van der Waals surface area contributed by atoms with Crippen molar-refractivity contribution in [2.45, 2.75) is 31.7 Å². The van der Waals surface area contributed by atoms with Crippen LogP contribution in [-0.2, 0) is 4.74 Å². The number of fused-ring (bicyclic) bond motifs is 1. The average Bonchev–Trinajstić information content (AvgIpc) is 3.15. The molecule has 0 bridgehead atoms. The molecule has 8 heteroatoms. The molecule has 2 saturated heterocycles. The molecular weight excluding hydrogens is 332 g/mol. The highest BCUT2D eigenvalue weighted by atomic mass is 16.5. The van der Waals surface area contributed by atoms with Gasteiger partial charge in [-0.1, -0.05) is 0 Å². The van der Waals surface area contributed by atoms with Gasteiger partial charge in [0.25, 0.3) is 0 Å². The number of morpholine rings is 1. The van der Waals surface area contributed by atoms with Crippen LogP contribution < -0.4 is 5.32 Å². The number of nitrogens with zero attached hydrogens (tertiary/aromatic N) is 4. The molecule has 26 heavy (non-hydrogen) atoms. The number of anilines is 1. The van der Waals surface area contributed by atoms with Gasteiger partial charge in [0.05, 0.1) is 13.2 Å². The molecule has 1 aromatic heterocycles. The summed E-state index contributed by atoms with van der Waals surface area (Å²) in [7, 11) is 0. The normalized spacial score (nSPS) is 21.8. The van der Waals surface area contributed by atoms with Gasteiger partial charge in [0.2, 0.25) is 0 Å². The molecule has 2 fully saturated rings. The van der Waals surface area contributed by atoms with Crippen LogP contribution in [0, 0.1) is 0 Å². The van der Waals surface area contributed by atoms with Gasteiger partial charge in [-0.15, -0.1) is 0 Å². The second-order valence-electron chi connectivity index (χ2n) is 7.04. The summed E-state index contributed by atoms with van der Waals surface area (Å²) in [5.41, 5.74) is 2.31. The maximum atomic E-state index is 12.8.